The van der Waals surface area contributed by atoms with Gasteiger partial charge in [-0.3, -0.25) is 0 Å². The molecule has 35 heavy (non-hydrogen) atoms. The third kappa shape index (κ3) is 4.02. The van der Waals surface area contributed by atoms with Gasteiger partial charge < -0.3 is 14.4 Å². The summed E-state index contributed by atoms with van der Waals surface area (Å²) in [7, 11) is 0. The third-order valence-corrected chi connectivity index (χ3v) is 8.72. The van der Waals surface area contributed by atoms with Crippen LogP contribution in [-0.4, -0.2) is 51.5 Å². The summed E-state index contributed by atoms with van der Waals surface area (Å²) in [6, 6.07) is 7.16. The molecule has 6 rings (SSSR count). The number of nitrogens with zero attached hydrogens (tertiary/aromatic N) is 6. The standard InChI is InChI=1S/C26H32N6O2S/c1-18-16-33-14-12-31(18)21-15-19(26(17-27)9-4-2-5-10-26)25-24(29-21)23(30-35-25)20-8-11-28-32(20)22-7-3-6-13-34-22/h8,11,15,18,22H,2-7,9-10,12-14,16H2,1H3. The van der Waals surface area contributed by atoms with Gasteiger partial charge in [0.2, 0.25) is 0 Å². The van der Waals surface area contributed by atoms with Crippen LogP contribution in [0.3, 0.4) is 0 Å². The van der Waals surface area contributed by atoms with Gasteiger partial charge in [-0.15, -0.1) is 0 Å². The molecule has 2 unspecified atom stereocenters. The van der Waals surface area contributed by atoms with Crippen molar-refractivity contribution in [1.29, 1.82) is 5.26 Å². The number of fused-ring (bicyclic) bond motifs is 1. The van der Waals surface area contributed by atoms with Crippen molar-refractivity contribution in [3.05, 3.63) is 23.9 Å². The molecule has 3 fully saturated rings. The van der Waals surface area contributed by atoms with E-state index in [1.54, 1.807) is 0 Å². The van der Waals surface area contributed by atoms with E-state index in [4.69, 9.17) is 18.8 Å². The SMILES string of the molecule is CC1COCCN1c1cc(C2(C#N)CCCCC2)c2snc(-c3ccnn3C3CCCCO3)c2n1. The molecule has 1 aliphatic carbocycles. The highest BCUT2D eigenvalue weighted by molar-refractivity contribution is 7.13. The average Bonchev–Trinajstić information content (AvgIpc) is 3.56. The second-order valence-electron chi connectivity index (χ2n) is 10.1. The predicted octanol–water partition coefficient (Wildman–Crippen LogP) is 5.20. The minimum Gasteiger partial charge on any atom is -0.377 e. The number of nitriles is 1. The lowest BCUT2D eigenvalue weighted by molar-refractivity contribution is -0.0383. The van der Waals surface area contributed by atoms with Crippen LogP contribution in [0.4, 0.5) is 5.82 Å². The summed E-state index contributed by atoms with van der Waals surface area (Å²) in [6.45, 7) is 5.09. The maximum Gasteiger partial charge on any atom is 0.150 e. The monoisotopic (exact) mass is 492 g/mol. The van der Waals surface area contributed by atoms with Crippen molar-refractivity contribution in [2.75, 3.05) is 31.3 Å². The van der Waals surface area contributed by atoms with E-state index in [-0.39, 0.29) is 12.3 Å². The summed E-state index contributed by atoms with van der Waals surface area (Å²) in [5.74, 6) is 0.921. The van der Waals surface area contributed by atoms with Crippen LogP contribution in [0.2, 0.25) is 0 Å². The molecule has 9 heteroatoms. The molecular weight excluding hydrogens is 460 g/mol. The largest absolute Gasteiger partial charge is 0.377 e. The van der Waals surface area contributed by atoms with Gasteiger partial charge in [-0.1, -0.05) is 19.3 Å². The molecular formula is C26H32N6O2S. The summed E-state index contributed by atoms with van der Waals surface area (Å²) < 4.78 is 19.7. The summed E-state index contributed by atoms with van der Waals surface area (Å²) >= 11 is 1.47. The van der Waals surface area contributed by atoms with Crippen LogP contribution in [0.25, 0.3) is 21.6 Å². The molecule has 1 saturated carbocycles. The van der Waals surface area contributed by atoms with E-state index in [2.05, 4.69) is 29.1 Å². The number of ether oxygens (including phenoxy) is 2. The Morgan fingerprint density at radius 3 is 2.83 bits per heavy atom. The van der Waals surface area contributed by atoms with Gasteiger partial charge in [-0.05, 0) is 68.3 Å². The minimum atomic E-state index is -0.486. The highest BCUT2D eigenvalue weighted by Gasteiger charge is 2.38. The van der Waals surface area contributed by atoms with Crippen molar-refractivity contribution in [1.82, 2.24) is 19.1 Å². The van der Waals surface area contributed by atoms with Crippen molar-refractivity contribution in [3.63, 3.8) is 0 Å². The summed E-state index contributed by atoms with van der Waals surface area (Å²) in [6.07, 6.45) is 10.1. The van der Waals surface area contributed by atoms with Crippen molar-refractivity contribution >= 4 is 27.6 Å². The molecule has 0 radical (unpaired) electrons. The molecule has 0 N–H and O–H groups in total. The van der Waals surface area contributed by atoms with E-state index >= 15 is 0 Å². The lowest BCUT2D eigenvalue weighted by Crippen LogP contribution is -2.44. The molecule has 0 amide bonds. The Labute approximate surface area is 210 Å². The summed E-state index contributed by atoms with van der Waals surface area (Å²) in [5.41, 5.74) is 3.26. The van der Waals surface area contributed by atoms with Crippen molar-refractivity contribution in [2.45, 2.75) is 76.0 Å². The summed E-state index contributed by atoms with van der Waals surface area (Å²) in [5, 5.41) is 15.1. The van der Waals surface area contributed by atoms with Crippen LogP contribution in [-0.2, 0) is 14.9 Å². The smallest absolute Gasteiger partial charge is 0.150 e. The Morgan fingerprint density at radius 1 is 1.17 bits per heavy atom. The number of aromatic nitrogens is 4. The van der Waals surface area contributed by atoms with E-state index in [9.17, 15) is 5.26 Å². The maximum absolute atomic E-state index is 10.5. The maximum atomic E-state index is 10.5. The van der Waals surface area contributed by atoms with E-state index in [1.807, 2.05) is 16.9 Å². The zero-order valence-corrected chi connectivity index (χ0v) is 21.1. The first-order valence-electron chi connectivity index (χ1n) is 12.9. The Morgan fingerprint density at radius 2 is 2.06 bits per heavy atom. The van der Waals surface area contributed by atoms with Crippen molar-refractivity contribution in [3.8, 4) is 17.5 Å². The Kier molecular flexibility index (Phi) is 6.21. The van der Waals surface area contributed by atoms with Crippen molar-refractivity contribution in [2.24, 2.45) is 0 Å². The number of morpholine rings is 1. The van der Waals surface area contributed by atoms with Crippen LogP contribution in [0.5, 0.6) is 0 Å². The normalized spacial score (nSPS) is 25.0. The first-order valence-corrected chi connectivity index (χ1v) is 13.7. The molecule has 184 valence electrons. The first kappa shape index (κ1) is 22.9. The van der Waals surface area contributed by atoms with Crippen LogP contribution in [0.1, 0.15) is 70.1 Å². The van der Waals surface area contributed by atoms with Gasteiger partial charge >= 0.3 is 0 Å². The third-order valence-electron chi connectivity index (χ3n) is 7.85. The Bertz CT molecular complexity index is 1230. The molecule has 0 bridgehead atoms. The molecule has 3 aromatic heterocycles. The number of hydrogen-bond donors (Lipinski definition) is 0. The molecule has 8 nitrogen and oxygen atoms in total. The second kappa shape index (κ2) is 9.49. The number of hydrogen-bond acceptors (Lipinski definition) is 8. The quantitative estimate of drug-likeness (QED) is 0.494. The van der Waals surface area contributed by atoms with Crippen LogP contribution < -0.4 is 4.90 Å². The fourth-order valence-electron chi connectivity index (χ4n) is 5.89. The lowest BCUT2D eigenvalue weighted by atomic mass is 9.70. The highest BCUT2D eigenvalue weighted by Crippen LogP contribution is 2.46. The lowest BCUT2D eigenvalue weighted by Gasteiger charge is -2.36. The minimum absolute atomic E-state index is 0.0730. The zero-order valence-electron chi connectivity index (χ0n) is 20.3. The molecule has 3 aromatic rings. The molecule has 5 heterocycles. The fourth-order valence-corrected chi connectivity index (χ4v) is 6.83. The molecule has 0 aromatic carbocycles. The highest BCUT2D eigenvalue weighted by atomic mass is 32.1. The molecule has 2 atom stereocenters. The van der Waals surface area contributed by atoms with Gasteiger partial charge in [0.25, 0.3) is 0 Å². The van der Waals surface area contributed by atoms with Gasteiger partial charge in [-0.25, -0.2) is 9.67 Å². The van der Waals surface area contributed by atoms with Gasteiger partial charge in [0.15, 0.2) is 6.23 Å². The number of pyridine rings is 1. The molecule has 2 saturated heterocycles. The van der Waals surface area contributed by atoms with Crippen LogP contribution in [0.15, 0.2) is 18.3 Å². The van der Waals surface area contributed by atoms with Gasteiger partial charge in [-0.2, -0.15) is 14.7 Å². The Balaban J connectivity index is 1.53. The van der Waals surface area contributed by atoms with E-state index in [0.717, 1.165) is 91.1 Å². The molecule has 2 aliphatic heterocycles. The van der Waals surface area contributed by atoms with Crippen LogP contribution >= 0.6 is 11.5 Å². The van der Waals surface area contributed by atoms with E-state index in [0.29, 0.717) is 13.2 Å². The predicted molar refractivity (Wildman–Crippen MR) is 135 cm³/mol. The molecule has 0 spiro atoms. The Hall–Kier alpha value is -2.54. The van der Waals surface area contributed by atoms with E-state index in [1.165, 1.54) is 18.0 Å². The van der Waals surface area contributed by atoms with E-state index < -0.39 is 5.41 Å². The molecule has 3 aliphatic rings. The summed E-state index contributed by atoms with van der Waals surface area (Å²) in [4.78, 5) is 7.52. The number of rotatable bonds is 4. The van der Waals surface area contributed by atoms with Gasteiger partial charge in [0, 0.05) is 19.3 Å². The number of anilines is 1. The zero-order chi connectivity index (χ0) is 23.8. The average molecular weight is 493 g/mol. The van der Waals surface area contributed by atoms with Gasteiger partial charge in [0.05, 0.1) is 41.1 Å². The fraction of sp³-hybridized carbons (Fsp3) is 0.615. The van der Waals surface area contributed by atoms with Crippen molar-refractivity contribution < 1.29 is 9.47 Å². The first-order chi connectivity index (χ1) is 17.2. The second-order valence-corrected chi connectivity index (χ2v) is 10.9. The topological polar surface area (TPSA) is 89.1 Å². The van der Waals surface area contributed by atoms with Crippen LogP contribution in [0, 0.1) is 11.3 Å². The van der Waals surface area contributed by atoms with Gasteiger partial charge in [0.1, 0.15) is 17.0 Å².